The van der Waals surface area contributed by atoms with Gasteiger partial charge in [0.05, 0.1) is 6.54 Å². The van der Waals surface area contributed by atoms with Crippen LogP contribution >= 0.6 is 0 Å². The van der Waals surface area contributed by atoms with E-state index in [-0.39, 0.29) is 17.8 Å². The number of halogens is 1. The van der Waals surface area contributed by atoms with Crippen molar-refractivity contribution in [3.63, 3.8) is 0 Å². The molecule has 0 aliphatic carbocycles. The molecule has 1 aliphatic rings. The molecule has 0 spiro atoms. The molecule has 0 bridgehead atoms. The fourth-order valence-corrected chi connectivity index (χ4v) is 3.12. The molecule has 2 N–H and O–H groups in total. The van der Waals surface area contributed by atoms with Crippen LogP contribution < -0.4 is 15.4 Å². The van der Waals surface area contributed by atoms with Gasteiger partial charge in [0, 0.05) is 38.7 Å². The van der Waals surface area contributed by atoms with E-state index < -0.39 is 0 Å². The SMILES string of the molecule is CCNC(=NCC(C)Oc1cccc(F)c1)NCCCN1CCCCCC1=O. The van der Waals surface area contributed by atoms with Crippen molar-refractivity contribution in [2.45, 2.75) is 52.1 Å². The van der Waals surface area contributed by atoms with E-state index in [1.165, 1.54) is 12.1 Å². The van der Waals surface area contributed by atoms with Gasteiger partial charge in [0.25, 0.3) is 0 Å². The summed E-state index contributed by atoms with van der Waals surface area (Å²) in [5.41, 5.74) is 0. The molecule has 1 unspecified atom stereocenters. The van der Waals surface area contributed by atoms with Gasteiger partial charge in [-0.3, -0.25) is 4.79 Å². The summed E-state index contributed by atoms with van der Waals surface area (Å²) in [5.74, 6) is 1.19. The summed E-state index contributed by atoms with van der Waals surface area (Å²) in [4.78, 5) is 18.5. The second-order valence-corrected chi connectivity index (χ2v) is 7.08. The van der Waals surface area contributed by atoms with Crippen LogP contribution in [0.1, 0.15) is 46.0 Å². The van der Waals surface area contributed by atoms with Gasteiger partial charge in [-0.25, -0.2) is 9.38 Å². The summed E-state index contributed by atoms with van der Waals surface area (Å²) in [7, 11) is 0. The molecule has 1 amide bonds. The monoisotopic (exact) mass is 392 g/mol. The molecule has 6 nitrogen and oxygen atoms in total. The summed E-state index contributed by atoms with van der Waals surface area (Å²) in [6.07, 6.45) is 4.65. The largest absolute Gasteiger partial charge is 0.489 e. The number of amides is 1. The Labute approximate surface area is 167 Å². The third kappa shape index (κ3) is 8.15. The van der Waals surface area contributed by atoms with Crippen LogP contribution in [0.15, 0.2) is 29.3 Å². The lowest BCUT2D eigenvalue weighted by atomic mass is 10.2. The van der Waals surface area contributed by atoms with Gasteiger partial charge in [-0.1, -0.05) is 12.5 Å². The Morgan fingerprint density at radius 2 is 2.18 bits per heavy atom. The highest BCUT2D eigenvalue weighted by Gasteiger charge is 2.15. The summed E-state index contributed by atoms with van der Waals surface area (Å²) >= 11 is 0. The number of hydrogen-bond acceptors (Lipinski definition) is 3. The first kappa shape index (κ1) is 22.0. The smallest absolute Gasteiger partial charge is 0.222 e. The van der Waals surface area contributed by atoms with Crippen molar-refractivity contribution in [1.82, 2.24) is 15.5 Å². The lowest BCUT2D eigenvalue weighted by Gasteiger charge is -2.21. The van der Waals surface area contributed by atoms with E-state index in [0.29, 0.717) is 18.7 Å². The van der Waals surface area contributed by atoms with Crippen LogP contribution in [-0.2, 0) is 4.79 Å². The molecule has 7 heteroatoms. The highest BCUT2D eigenvalue weighted by Crippen LogP contribution is 2.14. The topological polar surface area (TPSA) is 66.0 Å². The Bertz CT molecular complexity index is 639. The first-order chi connectivity index (χ1) is 13.6. The Morgan fingerprint density at radius 3 is 2.96 bits per heavy atom. The van der Waals surface area contributed by atoms with Crippen molar-refractivity contribution >= 4 is 11.9 Å². The molecule has 0 aromatic heterocycles. The standard InChI is InChI=1S/C21H33FN4O2/c1-3-23-21(24-12-8-14-26-13-6-4-5-11-20(26)27)25-16-17(2)28-19-10-7-9-18(22)15-19/h7,9-10,15,17H,3-6,8,11-14,16H2,1-2H3,(H2,23,24,25). The third-order valence-corrected chi connectivity index (χ3v) is 4.55. The second kappa shape index (κ2) is 12.2. The number of guanidine groups is 1. The number of carbonyl (C=O) groups is 1. The molecule has 1 aromatic rings. The molecule has 1 atom stereocenters. The van der Waals surface area contributed by atoms with E-state index in [1.54, 1.807) is 12.1 Å². The second-order valence-electron chi connectivity index (χ2n) is 7.08. The molecular formula is C21H33FN4O2. The van der Waals surface area contributed by atoms with Crippen molar-refractivity contribution < 1.29 is 13.9 Å². The molecule has 2 rings (SSSR count). The minimum absolute atomic E-state index is 0.174. The molecule has 1 aromatic carbocycles. The van der Waals surface area contributed by atoms with Gasteiger partial charge in [0.2, 0.25) is 5.91 Å². The number of ether oxygens (including phenoxy) is 1. The average molecular weight is 393 g/mol. The molecule has 1 saturated heterocycles. The van der Waals surface area contributed by atoms with E-state index in [1.807, 2.05) is 18.7 Å². The van der Waals surface area contributed by atoms with Crippen LogP contribution in [0.2, 0.25) is 0 Å². The predicted molar refractivity (Wildman–Crippen MR) is 110 cm³/mol. The summed E-state index contributed by atoms with van der Waals surface area (Å²) in [5, 5.41) is 6.52. The first-order valence-corrected chi connectivity index (χ1v) is 10.3. The molecule has 1 heterocycles. The number of aliphatic imine (C=N–C) groups is 1. The summed E-state index contributed by atoms with van der Waals surface area (Å²) in [6, 6.07) is 6.12. The van der Waals surface area contributed by atoms with E-state index in [2.05, 4.69) is 15.6 Å². The van der Waals surface area contributed by atoms with Gasteiger partial charge in [0.15, 0.2) is 5.96 Å². The van der Waals surface area contributed by atoms with Gasteiger partial charge < -0.3 is 20.3 Å². The number of benzene rings is 1. The zero-order valence-electron chi connectivity index (χ0n) is 17.0. The van der Waals surface area contributed by atoms with Crippen LogP contribution in [0.25, 0.3) is 0 Å². The maximum atomic E-state index is 13.2. The normalized spacial score (nSPS) is 16.5. The number of rotatable bonds is 9. The lowest BCUT2D eigenvalue weighted by Crippen LogP contribution is -2.40. The molecule has 28 heavy (non-hydrogen) atoms. The molecule has 0 saturated carbocycles. The maximum Gasteiger partial charge on any atom is 0.222 e. The maximum absolute atomic E-state index is 13.2. The van der Waals surface area contributed by atoms with Crippen molar-refractivity contribution in [1.29, 1.82) is 0 Å². The summed E-state index contributed by atoms with van der Waals surface area (Å²) in [6.45, 7) is 7.54. The van der Waals surface area contributed by atoms with E-state index in [0.717, 1.165) is 57.8 Å². The minimum atomic E-state index is -0.314. The van der Waals surface area contributed by atoms with Crippen LogP contribution in [0.4, 0.5) is 4.39 Å². The van der Waals surface area contributed by atoms with E-state index in [4.69, 9.17) is 4.74 Å². The molecular weight excluding hydrogens is 359 g/mol. The molecule has 0 radical (unpaired) electrons. The van der Waals surface area contributed by atoms with Crippen LogP contribution in [-0.4, -0.2) is 55.6 Å². The van der Waals surface area contributed by atoms with E-state index >= 15 is 0 Å². The van der Waals surface area contributed by atoms with Crippen molar-refractivity contribution in [3.05, 3.63) is 30.1 Å². The average Bonchev–Trinajstić information content (AvgIpc) is 2.87. The number of nitrogens with zero attached hydrogens (tertiary/aromatic N) is 2. The van der Waals surface area contributed by atoms with Crippen LogP contribution in [0, 0.1) is 5.82 Å². The Kier molecular flexibility index (Phi) is 9.59. The van der Waals surface area contributed by atoms with Gasteiger partial charge in [-0.2, -0.15) is 0 Å². The molecule has 156 valence electrons. The zero-order valence-corrected chi connectivity index (χ0v) is 17.0. The third-order valence-electron chi connectivity index (χ3n) is 4.55. The highest BCUT2D eigenvalue weighted by molar-refractivity contribution is 5.79. The van der Waals surface area contributed by atoms with Gasteiger partial charge in [0.1, 0.15) is 17.7 Å². The predicted octanol–water partition coefficient (Wildman–Crippen LogP) is 2.94. The van der Waals surface area contributed by atoms with Crippen LogP contribution in [0.5, 0.6) is 5.75 Å². The number of nitrogens with one attached hydrogen (secondary N) is 2. The van der Waals surface area contributed by atoms with Crippen LogP contribution in [0.3, 0.4) is 0 Å². The Morgan fingerprint density at radius 1 is 1.32 bits per heavy atom. The number of hydrogen-bond donors (Lipinski definition) is 2. The Hall–Kier alpha value is -2.31. The van der Waals surface area contributed by atoms with Gasteiger partial charge in [-0.15, -0.1) is 0 Å². The first-order valence-electron chi connectivity index (χ1n) is 10.3. The fraction of sp³-hybridized carbons (Fsp3) is 0.619. The summed E-state index contributed by atoms with van der Waals surface area (Å²) < 4.78 is 18.9. The lowest BCUT2D eigenvalue weighted by molar-refractivity contribution is -0.130. The van der Waals surface area contributed by atoms with Gasteiger partial charge in [-0.05, 0) is 45.2 Å². The van der Waals surface area contributed by atoms with Crippen molar-refractivity contribution in [2.75, 3.05) is 32.7 Å². The number of likely N-dealkylation sites (tertiary alicyclic amines) is 1. The molecule has 1 aliphatic heterocycles. The molecule has 1 fully saturated rings. The number of carbonyl (C=O) groups excluding carboxylic acids is 1. The van der Waals surface area contributed by atoms with Crippen molar-refractivity contribution in [3.8, 4) is 5.75 Å². The quantitative estimate of drug-likeness (QED) is 0.385. The minimum Gasteiger partial charge on any atom is -0.489 e. The Balaban J connectivity index is 1.74. The van der Waals surface area contributed by atoms with E-state index in [9.17, 15) is 9.18 Å². The van der Waals surface area contributed by atoms with Crippen molar-refractivity contribution in [2.24, 2.45) is 4.99 Å². The highest BCUT2D eigenvalue weighted by atomic mass is 19.1. The fourth-order valence-electron chi connectivity index (χ4n) is 3.12. The van der Waals surface area contributed by atoms with Gasteiger partial charge >= 0.3 is 0 Å². The zero-order chi connectivity index (χ0) is 20.2.